The van der Waals surface area contributed by atoms with Gasteiger partial charge in [-0.1, -0.05) is 18.2 Å². The first-order chi connectivity index (χ1) is 15.2. The van der Waals surface area contributed by atoms with Crippen molar-refractivity contribution in [2.75, 3.05) is 11.4 Å². The molecule has 1 aliphatic rings. The summed E-state index contributed by atoms with van der Waals surface area (Å²) in [5.41, 5.74) is 1.89. The number of thiophene rings is 1. The van der Waals surface area contributed by atoms with Gasteiger partial charge in [-0.05, 0) is 59.8 Å². The van der Waals surface area contributed by atoms with Gasteiger partial charge < -0.3 is 15.1 Å². The summed E-state index contributed by atoms with van der Waals surface area (Å²) in [6, 6.07) is 11.9. The molecule has 1 atom stereocenters. The monoisotopic (exact) mass is 472 g/mol. The van der Waals surface area contributed by atoms with Crippen LogP contribution in [0.15, 0.2) is 64.9 Å². The van der Waals surface area contributed by atoms with Gasteiger partial charge in [-0.25, -0.2) is 8.42 Å². The number of fused-ring (bicyclic) bond motifs is 1. The Morgan fingerprint density at radius 3 is 2.41 bits per heavy atom. The van der Waals surface area contributed by atoms with Gasteiger partial charge in [0, 0.05) is 12.2 Å². The highest BCUT2D eigenvalue weighted by Crippen LogP contribution is 2.33. The molecule has 0 spiro atoms. The summed E-state index contributed by atoms with van der Waals surface area (Å²) >= 11 is 1.25. The third kappa shape index (κ3) is 3.99. The first kappa shape index (κ1) is 22.0. The second kappa shape index (κ2) is 8.38. The first-order valence-corrected chi connectivity index (χ1v) is 12.0. The second-order valence-corrected chi connectivity index (χ2v) is 10.2. The Morgan fingerprint density at radius 1 is 1.09 bits per heavy atom. The fourth-order valence-electron chi connectivity index (χ4n) is 3.62. The zero-order valence-corrected chi connectivity index (χ0v) is 18.6. The lowest BCUT2D eigenvalue weighted by atomic mass is 10.1. The topological polar surface area (TPSA) is 115 Å². The molecule has 10 heteroatoms. The maximum absolute atomic E-state index is 13.4. The lowest BCUT2D eigenvalue weighted by Gasteiger charge is -2.28. The number of rotatable bonds is 4. The van der Waals surface area contributed by atoms with Crippen LogP contribution in [0.4, 0.5) is 5.69 Å². The molecule has 0 saturated heterocycles. The fraction of sp³-hybridized carbons (Fsp3) is 0.182. The maximum Gasteiger partial charge on any atom is 0.323 e. The standard InChI is InChI=1S/C22H20N2O6S2/c1-14-10-20(31-13-14)21(26)23-12-19(22(27)28)24(11-15-4-2-3-5-18(15)23)32(29,30)17-8-6-16(25)7-9-17/h2-10,13,19,25H,11-12H2,1H3,(H,27,28). The third-order valence-corrected chi connectivity index (χ3v) is 8.13. The van der Waals surface area contributed by atoms with Gasteiger partial charge in [-0.15, -0.1) is 11.3 Å². The van der Waals surface area contributed by atoms with Crippen molar-refractivity contribution in [3.63, 3.8) is 0 Å². The molecule has 0 aliphatic carbocycles. The van der Waals surface area contributed by atoms with E-state index in [0.29, 0.717) is 16.1 Å². The summed E-state index contributed by atoms with van der Waals surface area (Å²) in [6.45, 7) is 1.29. The van der Waals surface area contributed by atoms with Gasteiger partial charge >= 0.3 is 5.97 Å². The van der Waals surface area contributed by atoms with E-state index in [9.17, 15) is 28.2 Å². The van der Waals surface area contributed by atoms with E-state index < -0.39 is 22.0 Å². The molecule has 2 aromatic carbocycles. The number of anilines is 1. The molecule has 8 nitrogen and oxygen atoms in total. The lowest BCUT2D eigenvalue weighted by molar-refractivity contribution is -0.141. The molecule has 0 saturated carbocycles. The number of hydrogen-bond donors (Lipinski definition) is 2. The van der Waals surface area contributed by atoms with E-state index >= 15 is 0 Å². The van der Waals surface area contributed by atoms with Crippen molar-refractivity contribution in [2.24, 2.45) is 0 Å². The van der Waals surface area contributed by atoms with Gasteiger partial charge in [0.15, 0.2) is 0 Å². The van der Waals surface area contributed by atoms with E-state index in [2.05, 4.69) is 0 Å². The Morgan fingerprint density at radius 2 is 1.78 bits per heavy atom. The number of amides is 1. The van der Waals surface area contributed by atoms with Crippen LogP contribution in [0.3, 0.4) is 0 Å². The number of aryl methyl sites for hydroxylation is 1. The Kier molecular flexibility index (Phi) is 5.76. The van der Waals surface area contributed by atoms with Crippen LogP contribution in [-0.2, 0) is 21.4 Å². The van der Waals surface area contributed by atoms with Crippen LogP contribution in [0, 0.1) is 6.92 Å². The molecular weight excluding hydrogens is 452 g/mol. The number of sulfonamides is 1. The predicted molar refractivity (Wildman–Crippen MR) is 119 cm³/mol. The summed E-state index contributed by atoms with van der Waals surface area (Å²) in [6.07, 6.45) is 0. The molecule has 2 N–H and O–H groups in total. The number of carbonyl (C=O) groups excluding carboxylic acids is 1. The van der Waals surface area contributed by atoms with Crippen LogP contribution in [0.2, 0.25) is 0 Å². The molecule has 2 heterocycles. The van der Waals surface area contributed by atoms with Crippen LogP contribution in [0.25, 0.3) is 0 Å². The van der Waals surface area contributed by atoms with Gasteiger partial charge in [0.1, 0.15) is 11.8 Å². The first-order valence-electron chi connectivity index (χ1n) is 9.67. The number of carboxylic acid groups (broad SMARTS) is 1. The van der Waals surface area contributed by atoms with Crippen LogP contribution in [0.5, 0.6) is 5.75 Å². The van der Waals surface area contributed by atoms with Crippen LogP contribution in [-0.4, -0.2) is 47.4 Å². The Labute approximate surface area is 189 Å². The molecule has 0 fully saturated rings. The molecule has 0 radical (unpaired) electrons. The molecule has 4 rings (SSSR count). The number of phenols is 1. The van der Waals surface area contributed by atoms with Gasteiger partial charge in [-0.3, -0.25) is 9.59 Å². The Bertz CT molecular complexity index is 1280. The SMILES string of the molecule is Cc1csc(C(=O)N2CC(C(=O)O)N(S(=O)(=O)c3ccc(O)cc3)Cc3ccccc32)c1. The molecule has 1 aromatic heterocycles. The second-order valence-electron chi connectivity index (χ2n) is 7.43. The van der Waals surface area contributed by atoms with Gasteiger partial charge in [-0.2, -0.15) is 4.31 Å². The number of benzene rings is 2. The minimum absolute atomic E-state index is 0.108. The molecular formula is C22H20N2O6S2. The van der Waals surface area contributed by atoms with E-state index in [1.54, 1.807) is 30.3 Å². The Balaban J connectivity index is 1.82. The molecule has 0 bridgehead atoms. The normalized spacial score (nSPS) is 16.9. The van der Waals surface area contributed by atoms with Crippen LogP contribution < -0.4 is 4.90 Å². The summed E-state index contributed by atoms with van der Waals surface area (Å²) in [7, 11) is -4.24. The van der Waals surface area contributed by atoms with Gasteiger partial charge in [0.25, 0.3) is 5.91 Å². The largest absolute Gasteiger partial charge is 0.508 e. The molecule has 1 unspecified atom stereocenters. The van der Waals surface area contributed by atoms with Crippen molar-refractivity contribution >= 4 is 38.9 Å². The summed E-state index contributed by atoms with van der Waals surface area (Å²) in [4.78, 5) is 27.2. The average molecular weight is 473 g/mol. The smallest absolute Gasteiger partial charge is 0.323 e. The number of nitrogens with zero attached hydrogens (tertiary/aromatic N) is 2. The fourth-order valence-corrected chi connectivity index (χ4v) is 6.02. The van der Waals surface area contributed by atoms with E-state index in [1.165, 1.54) is 40.5 Å². The third-order valence-electron chi connectivity index (χ3n) is 5.23. The van der Waals surface area contributed by atoms with E-state index in [-0.39, 0.29) is 29.6 Å². The molecule has 3 aromatic rings. The minimum Gasteiger partial charge on any atom is -0.508 e. The molecule has 32 heavy (non-hydrogen) atoms. The Hall–Kier alpha value is -3.21. The summed E-state index contributed by atoms with van der Waals surface area (Å²) in [5, 5.41) is 21.3. The number of aliphatic carboxylic acids is 1. The quantitative estimate of drug-likeness (QED) is 0.603. The highest BCUT2D eigenvalue weighted by atomic mass is 32.2. The number of carboxylic acids is 1. The highest BCUT2D eigenvalue weighted by molar-refractivity contribution is 7.89. The van der Waals surface area contributed by atoms with E-state index in [0.717, 1.165) is 9.87 Å². The number of aromatic hydroxyl groups is 1. The number of carbonyl (C=O) groups is 2. The minimum atomic E-state index is -4.24. The van der Waals surface area contributed by atoms with Crippen molar-refractivity contribution in [2.45, 2.75) is 24.4 Å². The summed E-state index contributed by atoms with van der Waals surface area (Å²) in [5.74, 6) is -1.85. The molecule has 1 aliphatic heterocycles. The lowest BCUT2D eigenvalue weighted by Crippen LogP contribution is -2.50. The van der Waals surface area contributed by atoms with E-state index in [4.69, 9.17) is 0 Å². The predicted octanol–water partition coefficient (Wildman–Crippen LogP) is 3.07. The summed E-state index contributed by atoms with van der Waals surface area (Å²) < 4.78 is 27.7. The zero-order valence-electron chi connectivity index (χ0n) is 17.0. The van der Waals surface area contributed by atoms with Crippen molar-refractivity contribution in [1.82, 2.24) is 4.31 Å². The van der Waals surface area contributed by atoms with Crippen molar-refractivity contribution in [3.8, 4) is 5.75 Å². The number of hydrogen-bond acceptors (Lipinski definition) is 6. The molecule has 1 amide bonds. The highest BCUT2D eigenvalue weighted by Gasteiger charge is 2.41. The zero-order chi connectivity index (χ0) is 23.0. The van der Waals surface area contributed by atoms with Gasteiger partial charge in [0.2, 0.25) is 10.0 Å². The van der Waals surface area contributed by atoms with Crippen LogP contribution >= 0.6 is 11.3 Å². The van der Waals surface area contributed by atoms with Crippen LogP contribution in [0.1, 0.15) is 20.8 Å². The van der Waals surface area contributed by atoms with Gasteiger partial charge in [0.05, 0.1) is 16.3 Å². The number of phenolic OH excluding ortho intramolecular Hbond substituents is 1. The average Bonchev–Trinajstić information content (AvgIpc) is 3.11. The van der Waals surface area contributed by atoms with Crippen molar-refractivity contribution in [1.29, 1.82) is 0 Å². The van der Waals surface area contributed by atoms with Crippen molar-refractivity contribution in [3.05, 3.63) is 76.0 Å². The molecule has 166 valence electrons. The maximum atomic E-state index is 13.4. The number of para-hydroxylation sites is 1. The van der Waals surface area contributed by atoms with Crippen molar-refractivity contribution < 1.29 is 28.2 Å². The van der Waals surface area contributed by atoms with E-state index in [1.807, 2.05) is 12.3 Å².